The van der Waals surface area contributed by atoms with Gasteiger partial charge in [0.05, 0.1) is 0 Å². The molecule has 0 aliphatic carbocycles. The summed E-state index contributed by atoms with van der Waals surface area (Å²) in [6.45, 7) is 16.6. The molecule has 114 valence electrons. The van der Waals surface area contributed by atoms with Gasteiger partial charge in [-0.3, -0.25) is 4.90 Å². The quantitative estimate of drug-likeness (QED) is 0.682. The van der Waals surface area contributed by atoms with E-state index >= 15 is 0 Å². The van der Waals surface area contributed by atoms with Crippen LogP contribution in [0.3, 0.4) is 0 Å². The molecular formula is C17H36N2. The summed E-state index contributed by atoms with van der Waals surface area (Å²) in [7, 11) is 0. The Morgan fingerprint density at radius 1 is 1.21 bits per heavy atom. The van der Waals surface area contributed by atoms with E-state index in [1.165, 1.54) is 51.7 Å². The van der Waals surface area contributed by atoms with Gasteiger partial charge < -0.3 is 5.32 Å². The third kappa shape index (κ3) is 5.07. The van der Waals surface area contributed by atoms with Crippen LogP contribution in [0.15, 0.2) is 0 Å². The summed E-state index contributed by atoms with van der Waals surface area (Å²) in [5.41, 5.74) is 0.479. The van der Waals surface area contributed by atoms with Crippen molar-refractivity contribution in [1.29, 1.82) is 0 Å². The van der Waals surface area contributed by atoms with Crippen molar-refractivity contribution in [1.82, 2.24) is 10.2 Å². The molecule has 0 radical (unpaired) electrons. The molecule has 1 unspecified atom stereocenters. The van der Waals surface area contributed by atoms with E-state index in [9.17, 15) is 0 Å². The molecule has 0 amide bonds. The number of rotatable bonds is 9. The van der Waals surface area contributed by atoms with Crippen LogP contribution in [-0.4, -0.2) is 37.1 Å². The molecule has 0 spiro atoms. The predicted octanol–water partition coefficient (Wildman–Crippen LogP) is 3.91. The maximum absolute atomic E-state index is 3.71. The first kappa shape index (κ1) is 17.0. The molecular weight excluding hydrogens is 232 g/mol. The number of hydrogen-bond donors (Lipinski definition) is 1. The number of likely N-dealkylation sites (tertiary alicyclic amines) is 1. The lowest BCUT2D eigenvalue weighted by molar-refractivity contribution is 0.122. The Morgan fingerprint density at radius 3 is 2.42 bits per heavy atom. The van der Waals surface area contributed by atoms with E-state index in [1.807, 2.05) is 0 Å². The normalized spacial score (nSPS) is 21.5. The van der Waals surface area contributed by atoms with E-state index in [0.717, 1.165) is 18.5 Å². The van der Waals surface area contributed by atoms with Crippen LogP contribution in [0, 0.1) is 11.3 Å². The van der Waals surface area contributed by atoms with Gasteiger partial charge in [-0.1, -0.05) is 34.6 Å². The molecule has 0 aromatic heterocycles. The largest absolute Gasteiger partial charge is 0.316 e. The van der Waals surface area contributed by atoms with Crippen LogP contribution in [-0.2, 0) is 0 Å². The zero-order valence-corrected chi connectivity index (χ0v) is 14.0. The van der Waals surface area contributed by atoms with Crippen molar-refractivity contribution in [2.45, 2.75) is 72.8 Å². The summed E-state index contributed by atoms with van der Waals surface area (Å²) in [6.07, 6.45) is 6.73. The highest BCUT2D eigenvalue weighted by Gasteiger charge is 2.32. The minimum Gasteiger partial charge on any atom is -0.316 e. The van der Waals surface area contributed by atoms with Gasteiger partial charge in [-0.05, 0) is 56.5 Å². The Hall–Kier alpha value is -0.0800. The Labute approximate surface area is 121 Å². The molecule has 19 heavy (non-hydrogen) atoms. The van der Waals surface area contributed by atoms with E-state index < -0.39 is 0 Å². The van der Waals surface area contributed by atoms with Crippen molar-refractivity contribution in [2.75, 3.05) is 26.2 Å². The Morgan fingerprint density at radius 2 is 1.89 bits per heavy atom. The minimum absolute atomic E-state index is 0.479. The molecule has 1 fully saturated rings. The second kappa shape index (κ2) is 8.26. The van der Waals surface area contributed by atoms with Crippen LogP contribution >= 0.6 is 0 Å². The molecule has 2 heteroatoms. The molecule has 1 heterocycles. The highest BCUT2D eigenvalue weighted by Crippen LogP contribution is 2.31. The minimum atomic E-state index is 0.479. The Balaban J connectivity index is 2.54. The summed E-state index contributed by atoms with van der Waals surface area (Å²) < 4.78 is 0. The van der Waals surface area contributed by atoms with Gasteiger partial charge >= 0.3 is 0 Å². The van der Waals surface area contributed by atoms with Gasteiger partial charge in [0.15, 0.2) is 0 Å². The molecule has 0 aromatic rings. The molecule has 0 bridgehead atoms. The Bertz CT molecular complexity index is 233. The zero-order valence-electron chi connectivity index (χ0n) is 14.0. The van der Waals surface area contributed by atoms with Gasteiger partial charge in [0.1, 0.15) is 0 Å². The summed E-state index contributed by atoms with van der Waals surface area (Å²) in [4.78, 5) is 2.77. The standard InChI is InChI=1S/C17H36N2/c1-6-16-10-9-11-19(16)14-17(7-2,8-3)13-18-12-15(4)5/h15-16,18H,6-14H2,1-5H3. The maximum Gasteiger partial charge on any atom is 0.00933 e. The topological polar surface area (TPSA) is 15.3 Å². The first-order valence-electron chi connectivity index (χ1n) is 8.51. The number of hydrogen-bond acceptors (Lipinski definition) is 2. The molecule has 1 rings (SSSR count). The van der Waals surface area contributed by atoms with Crippen LogP contribution in [0.1, 0.15) is 66.7 Å². The predicted molar refractivity (Wildman–Crippen MR) is 85.6 cm³/mol. The van der Waals surface area contributed by atoms with E-state index in [0.29, 0.717) is 5.41 Å². The lowest BCUT2D eigenvalue weighted by atomic mass is 9.81. The van der Waals surface area contributed by atoms with Crippen LogP contribution < -0.4 is 5.32 Å². The van der Waals surface area contributed by atoms with Crippen LogP contribution in [0.5, 0.6) is 0 Å². The molecule has 0 aromatic carbocycles. The van der Waals surface area contributed by atoms with E-state index in [1.54, 1.807) is 0 Å². The van der Waals surface area contributed by atoms with Crippen LogP contribution in [0.2, 0.25) is 0 Å². The smallest absolute Gasteiger partial charge is 0.00933 e. The fourth-order valence-corrected chi connectivity index (χ4v) is 3.40. The summed E-state index contributed by atoms with van der Waals surface area (Å²) >= 11 is 0. The second-order valence-electron chi connectivity index (χ2n) is 6.91. The molecule has 1 N–H and O–H groups in total. The first-order valence-corrected chi connectivity index (χ1v) is 8.51. The number of nitrogens with one attached hydrogen (secondary N) is 1. The van der Waals surface area contributed by atoms with Crippen LogP contribution in [0.25, 0.3) is 0 Å². The fourth-order valence-electron chi connectivity index (χ4n) is 3.40. The van der Waals surface area contributed by atoms with Gasteiger partial charge in [-0.2, -0.15) is 0 Å². The van der Waals surface area contributed by atoms with Crippen LogP contribution in [0.4, 0.5) is 0 Å². The van der Waals surface area contributed by atoms with Crippen molar-refractivity contribution in [3.63, 3.8) is 0 Å². The Kier molecular flexibility index (Phi) is 7.38. The van der Waals surface area contributed by atoms with Gasteiger partial charge in [-0.15, -0.1) is 0 Å². The van der Waals surface area contributed by atoms with Gasteiger partial charge in [0.25, 0.3) is 0 Å². The second-order valence-corrected chi connectivity index (χ2v) is 6.91. The van der Waals surface area contributed by atoms with Gasteiger partial charge in [0.2, 0.25) is 0 Å². The average molecular weight is 268 g/mol. The van der Waals surface area contributed by atoms with Crippen molar-refractivity contribution in [2.24, 2.45) is 11.3 Å². The monoisotopic (exact) mass is 268 g/mol. The highest BCUT2D eigenvalue weighted by atomic mass is 15.2. The molecule has 2 nitrogen and oxygen atoms in total. The fraction of sp³-hybridized carbons (Fsp3) is 1.00. The average Bonchev–Trinajstić information content (AvgIpc) is 2.84. The third-order valence-corrected chi connectivity index (χ3v) is 5.06. The molecule has 1 atom stereocenters. The van der Waals surface area contributed by atoms with Gasteiger partial charge in [0, 0.05) is 19.1 Å². The van der Waals surface area contributed by atoms with Crippen molar-refractivity contribution < 1.29 is 0 Å². The number of nitrogens with zero attached hydrogens (tertiary/aromatic N) is 1. The van der Waals surface area contributed by atoms with Gasteiger partial charge in [-0.25, -0.2) is 0 Å². The molecule has 0 saturated carbocycles. The molecule has 1 aliphatic rings. The van der Waals surface area contributed by atoms with E-state index in [-0.39, 0.29) is 0 Å². The molecule has 1 aliphatic heterocycles. The van der Waals surface area contributed by atoms with Crippen molar-refractivity contribution in [3.8, 4) is 0 Å². The summed E-state index contributed by atoms with van der Waals surface area (Å²) in [5.74, 6) is 0.751. The summed E-state index contributed by atoms with van der Waals surface area (Å²) in [6, 6.07) is 0.850. The zero-order chi connectivity index (χ0) is 14.3. The van der Waals surface area contributed by atoms with Crippen molar-refractivity contribution >= 4 is 0 Å². The summed E-state index contributed by atoms with van der Waals surface area (Å²) in [5, 5.41) is 3.71. The lowest BCUT2D eigenvalue weighted by Crippen LogP contribution is -2.45. The first-order chi connectivity index (χ1) is 9.06. The molecule has 1 saturated heterocycles. The van der Waals surface area contributed by atoms with E-state index in [2.05, 4.69) is 44.8 Å². The lowest BCUT2D eigenvalue weighted by Gasteiger charge is -2.38. The van der Waals surface area contributed by atoms with Crippen molar-refractivity contribution in [3.05, 3.63) is 0 Å². The van der Waals surface area contributed by atoms with E-state index in [4.69, 9.17) is 0 Å². The maximum atomic E-state index is 3.71. The highest BCUT2D eigenvalue weighted by molar-refractivity contribution is 4.88. The third-order valence-electron chi connectivity index (χ3n) is 5.06. The SMILES string of the molecule is CCC1CCCN1CC(CC)(CC)CNCC(C)C.